The van der Waals surface area contributed by atoms with Crippen LogP contribution in [0.3, 0.4) is 0 Å². The molecule has 0 aliphatic carbocycles. The molecule has 0 saturated carbocycles. The zero-order valence-corrected chi connectivity index (χ0v) is 12.5. The fourth-order valence-electron chi connectivity index (χ4n) is 1.74. The van der Waals surface area contributed by atoms with E-state index in [1.807, 2.05) is 32.0 Å². The number of hydrogen-bond acceptors (Lipinski definition) is 4. The number of carbonyl (C=O) groups is 2. The Hall–Kier alpha value is -2.08. The molecule has 0 aliphatic heterocycles. The number of methoxy groups -OCH3 is 1. The lowest BCUT2D eigenvalue weighted by Crippen LogP contribution is -2.43. The van der Waals surface area contributed by atoms with E-state index in [1.54, 1.807) is 0 Å². The zero-order chi connectivity index (χ0) is 15.8. The summed E-state index contributed by atoms with van der Waals surface area (Å²) in [5.74, 6) is -0.944. The highest BCUT2D eigenvalue weighted by atomic mass is 16.5. The molecule has 6 heteroatoms. The maximum Gasteiger partial charge on any atom is 0.326 e. The Morgan fingerprint density at radius 1 is 1.33 bits per heavy atom. The zero-order valence-electron chi connectivity index (χ0n) is 12.5. The quantitative estimate of drug-likeness (QED) is 0.755. The van der Waals surface area contributed by atoms with Crippen LogP contribution in [0.1, 0.15) is 17.5 Å². The van der Waals surface area contributed by atoms with Gasteiger partial charge >= 0.3 is 5.97 Å². The average Bonchev–Trinajstić information content (AvgIpc) is 2.44. The first-order valence-corrected chi connectivity index (χ1v) is 6.65. The van der Waals surface area contributed by atoms with Crippen molar-refractivity contribution in [3.8, 4) is 5.75 Å². The van der Waals surface area contributed by atoms with Gasteiger partial charge in [0, 0.05) is 20.1 Å². The minimum Gasteiger partial charge on any atom is -0.483 e. The normalized spacial score (nSPS) is 11.8. The molecule has 1 unspecified atom stereocenters. The van der Waals surface area contributed by atoms with Crippen LogP contribution in [-0.2, 0) is 14.3 Å². The number of rotatable bonds is 8. The predicted molar refractivity (Wildman–Crippen MR) is 77.5 cm³/mol. The van der Waals surface area contributed by atoms with Crippen LogP contribution >= 0.6 is 0 Å². The highest BCUT2D eigenvalue weighted by Gasteiger charge is 2.19. The molecule has 0 spiro atoms. The number of nitrogens with one attached hydrogen (secondary N) is 1. The van der Waals surface area contributed by atoms with Crippen LogP contribution in [0, 0.1) is 13.8 Å². The summed E-state index contributed by atoms with van der Waals surface area (Å²) in [4.78, 5) is 22.8. The van der Waals surface area contributed by atoms with Gasteiger partial charge in [-0.05, 0) is 31.0 Å². The first-order valence-electron chi connectivity index (χ1n) is 6.65. The lowest BCUT2D eigenvalue weighted by Gasteiger charge is -2.15. The van der Waals surface area contributed by atoms with Crippen molar-refractivity contribution in [1.82, 2.24) is 5.32 Å². The largest absolute Gasteiger partial charge is 0.483 e. The van der Waals surface area contributed by atoms with Crippen molar-refractivity contribution in [3.63, 3.8) is 0 Å². The second kappa shape index (κ2) is 8.26. The molecule has 0 aromatic heterocycles. The fourth-order valence-corrected chi connectivity index (χ4v) is 1.74. The number of amides is 1. The molecule has 0 radical (unpaired) electrons. The number of aliphatic carboxylic acids is 1. The Labute approximate surface area is 124 Å². The van der Waals surface area contributed by atoms with Gasteiger partial charge in [0.25, 0.3) is 5.91 Å². The van der Waals surface area contributed by atoms with Crippen LogP contribution in [0.15, 0.2) is 18.2 Å². The summed E-state index contributed by atoms with van der Waals surface area (Å²) in [5, 5.41) is 11.4. The van der Waals surface area contributed by atoms with E-state index in [1.165, 1.54) is 7.11 Å². The van der Waals surface area contributed by atoms with E-state index in [0.717, 1.165) is 11.1 Å². The minimum absolute atomic E-state index is 0.209. The van der Waals surface area contributed by atoms with Crippen molar-refractivity contribution in [2.24, 2.45) is 0 Å². The van der Waals surface area contributed by atoms with Crippen LogP contribution in [0.5, 0.6) is 5.75 Å². The third-order valence-electron chi connectivity index (χ3n) is 2.95. The number of aryl methyl sites for hydroxylation is 2. The number of carbonyl (C=O) groups excluding carboxylic acids is 1. The highest BCUT2D eigenvalue weighted by Crippen LogP contribution is 2.18. The molecule has 1 rings (SSSR count). The van der Waals surface area contributed by atoms with Crippen molar-refractivity contribution >= 4 is 11.9 Å². The van der Waals surface area contributed by atoms with E-state index in [-0.39, 0.29) is 19.6 Å². The van der Waals surface area contributed by atoms with Crippen molar-refractivity contribution in [3.05, 3.63) is 29.3 Å². The van der Waals surface area contributed by atoms with Gasteiger partial charge in [-0.25, -0.2) is 4.79 Å². The van der Waals surface area contributed by atoms with Gasteiger partial charge in [-0.1, -0.05) is 12.1 Å². The summed E-state index contributed by atoms with van der Waals surface area (Å²) in [6.07, 6.45) is 0.209. The lowest BCUT2D eigenvalue weighted by molar-refractivity contribution is -0.142. The van der Waals surface area contributed by atoms with E-state index >= 15 is 0 Å². The second-order valence-corrected chi connectivity index (χ2v) is 4.80. The summed E-state index contributed by atoms with van der Waals surface area (Å²) in [5.41, 5.74) is 1.95. The van der Waals surface area contributed by atoms with Crippen LogP contribution < -0.4 is 10.1 Å². The van der Waals surface area contributed by atoms with Crippen LogP contribution in [0.4, 0.5) is 0 Å². The van der Waals surface area contributed by atoms with Gasteiger partial charge < -0.3 is 19.9 Å². The molecule has 0 bridgehead atoms. The van der Waals surface area contributed by atoms with Gasteiger partial charge in [0.05, 0.1) is 0 Å². The number of ether oxygens (including phenoxy) is 2. The molecular weight excluding hydrogens is 274 g/mol. The SMILES string of the molecule is COCCC(NC(=O)COc1cc(C)ccc1C)C(=O)O. The molecule has 2 N–H and O–H groups in total. The van der Waals surface area contributed by atoms with Gasteiger partial charge in [-0.2, -0.15) is 0 Å². The molecule has 6 nitrogen and oxygen atoms in total. The molecule has 0 aliphatic rings. The smallest absolute Gasteiger partial charge is 0.326 e. The highest BCUT2D eigenvalue weighted by molar-refractivity contribution is 5.84. The van der Waals surface area contributed by atoms with E-state index in [0.29, 0.717) is 5.75 Å². The van der Waals surface area contributed by atoms with Crippen molar-refractivity contribution in [1.29, 1.82) is 0 Å². The van der Waals surface area contributed by atoms with E-state index in [4.69, 9.17) is 14.6 Å². The monoisotopic (exact) mass is 295 g/mol. The lowest BCUT2D eigenvalue weighted by atomic mass is 10.1. The maximum absolute atomic E-state index is 11.8. The van der Waals surface area contributed by atoms with Crippen LogP contribution in [0.2, 0.25) is 0 Å². The van der Waals surface area contributed by atoms with Crippen LogP contribution in [0.25, 0.3) is 0 Å². The Morgan fingerprint density at radius 3 is 2.67 bits per heavy atom. The van der Waals surface area contributed by atoms with E-state index in [9.17, 15) is 9.59 Å². The van der Waals surface area contributed by atoms with Gasteiger partial charge in [0.1, 0.15) is 11.8 Å². The summed E-state index contributed by atoms with van der Waals surface area (Å²) < 4.78 is 10.2. The molecular formula is C15H21NO5. The molecule has 0 saturated heterocycles. The Bertz CT molecular complexity index is 501. The summed E-state index contributed by atoms with van der Waals surface area (Å²) >= 11 is 0. The average molecular weight is 295 g/mol. The number of hydrogen-bond donors (Lipinski definition) is 2. The number of carboxylic acid groups (broad SMARTS) is 1. The van der Waals surface area contributed by atoms with Crippen LogP contribution in [-0.4, -0.2) is 43.3 Å². The molecule has 116 valence electrons. The van der Waals surface area contributed by atoms with Gasteiger partial charge in [0.2, 0.25) is 0 Å². The summed E-state index contributed by atoms with van der Waals surface area (Å²) in [6, 6.07) is 4.72. The number of carboxylic acids is 1. The molecule has 1 aromatic rings. The Kier molecular flexibility index (Phi) is 6.68. The Morgan fingerprint density at radius 2 is 2.05 bits per heavy atom. The van der Waals surface area contributed by atoms with Crippen molar-refractivity contribution in [2.75, 3.05) is 20.3 Å². The first-order chi connectivity index (χ1) is 9.93. The topological polar surface area (TPSA) is 84.9 Å². The maximum atomic E-state index is 11.8. The fraction of sp³-hybridized carbons (Fsp3) is 0.467. The second-order valence-electron chi connectivity index (χ2n) is 4.80. The molecule has 1 atom stereocenters. The predicted octanol–water partition coefficient (Wildman–Crippen LogP) is 1.29. The third-order valence-corrected chi connectivity index (χ3v) is 2.95. The van der Waals surface area contributed by atoms with Crippen molar-refractivity contribution in [2.45, 2.75) is 26.3 Å². The van der Waals surface area contributed by atoms with E-state index < -0.39 is 17.9 Å². The first kappa shape index (κ1) is 17.0. The van der Waals surface area contributed by atoms with Gasteiger partial charge in [-0.15, -0.1) is 0 Å². The molecule has 0 heterocycles. The third kappa shape index (κ3) is 5.83. The van der Waals surface area contributed by atoms with E-state index in [2.05, 4.69) is 5.32 Å². The van der Waals surface area contributed by atoms with Gasteiger partial charge in [-0.3, -0.25) is 4.79 Å². The Balaban J connectivity index is 2.52. The summed E-state index contributed by atoms with van der Waals surface area (Å²) in [7, 11) is 1.48. The van der Waals surface area contributed by atoms with Gasteiger partial charge in [0.15, 0.2) is 6.61 Å². The molecule has 21 heavy (non-hydrogen) atoms. The molecule has 1 aromatic carbocycles. The molecule has 0 fully saturated rings. The van der Waals surface area contributed by atoms with Crippen molar-refractivity contribution < 1.29 is 24.2 Å². The summed E-state index contributed by atoms with van der Waals surface area (Å²) in [6.45, 7) is 3.85. The standard InChI is InChI=1S/C15H21NO5/c1-10-4-5-11(2)13(8-10)21-9-14(17)16-12(15(18)19)6-7-20-3/h4-5,8,12H,6-7,9H2,1-3H3,(H,16,17)(H,18,19). The number of benzene rings is 1. The minimum atomic E-state index is -1.09. The molecule has 1 amide bonds.